The standard InChI is InChI=1S/C19H31ClN4O3S/c1-3-21-19(22-10-12-27-13-14-28(2,25)26)23-16-7-6-11-24(15-16)18-9-5-4-8-17(18)20/h4-5,8-9,16H,3,6-7,10-15H2,1-2H3,(H2,21,22,23). The van der Waals surface area contributed by atoms with Crippen molar-refractivity contribution < 1.29 is 13.2 Å². The van der Waals surface area contributed by atoms with Crippen molar-refractivity contribution >= 4 is 33.1 Å². The van der Waals surface area contributed by atoms with Crippen LogP contribution in [0.3, 0.4) is 0 Å². The summed E-state index contributed by atoms with van der Waals surface area (Å²) in [6.45, 7) is 5.71. The molecule has 1 unspecified atom stereocenters. The van der Waals surface area contributed by atoms with E-state index in [1.54, 1.807) is 0 Å². The maximum atomic E-state index is 11.1. The van der Waals surface area contributed by atoms with Crippen LogP contribution in [0.25, 0.3) is 0 Å². The third-order valence-electron chi connectivity index (χ3n) is 4.40. The molecule has 0 bridgehead atoms. The maximum Gasteiger partial charge on any atom is 0.191 e. The Kier molecular flexibility index (Phi) is 9.34. The number of ether oxygens (including phenoxy) is 1. The lowest BCUT2D eigenvalue weighted by Gasteiger charge is -2.35. The first-order valence-electron chi connectivity index (χ1n) is 9.69. The van der Waals surface area contributed by atoms with Crippen molar-refractivity contribution in [1.29, 1.82) is 0 Å². The average molecular weight is 431 g/mol. The number of aliphatic imine (C=N–C) groups is 1. The van der Waals surface area contributed by atoms with Crippen LogP contribution in [0, 0.1) is 0 Å². The van der Waals surface area contributed by atoms with E-state index < -0.39 is 9.84 Å². The third kappa shape index (κ3) is 8.24. The topological polar surface area (TPSA) is 83.0 Å². The molecule has 2 rings (SSSR count). The normalized spacial score (nSPS) is 18.2. The van der Waals surface area contributed by atoms with Crippen LogP contribution >= 0.6 is 11.6 Å². The van der Waals surface area contributed by atoms with Crippen LogP contribution < -0.4 is 15.5 Å². The predicted octanol–water partition coefficient (Wildman–Crippen LogP) is 1.93. The monoisotopic (exact) mass is 430 g/mol. The molecule has 0 aliphatic carbocycles. The zero-order valence-corrected chi connectivity index (χ0v) is 18.2. The Bertz CT molecular complexity index is 742. The summed E-state index contributed by atoms with van der Waals surface area (Å²) in [7, 11) is -2.99. The Labute approximate surface area is 173 Å². The van der Waals surface area contributed by atoms with Gasteiger partial charge in [0, 0.05) is 31.9 Å². The van der Waals surface area contributed by atoms with E-state index in [1.807, 2.05) is 25.1 Å². The number of benzene rings is 1. The van der Waals surface area contributed by atoms with Gasteiger partial charge in [-0.25, -0.2) is 8.42 Å². The number of sulfone groups is 1. The van der Waals surface area contributed by atoms with E-state index in [9.17, 15) is 8.42 Å². The van der Waals surface area contributed by atoms with E-state index in [-0.39, 0.29) is 18.4 Å². The molecule has 0 saturated carbocycles. The molecule has 1 atom stereocenters. The fourth-order valence-electron chi connectivity index (χ4n) is 3.07. The average Bonchev–Trinajstić information content (AvgIpc) is 2.64. The van der Waals surface area contributed by atoms with Gasteiger partial charge in [-0.05, 0) is 31.9 Å². The third-order valence-corrected chi connectivity index (χ3v) is 5.63. The van der Waals surface area contributed by atoms with Crippen LogP contribution in [0.1, 0.15) is 19.8 Å². The van der Waals surface area contributed by atoms with Gasteiger partial charge in [-0.1, -0.05) is 23.7 Å². The minimum absolute atomic E-state index is 0.0367. The molecule has 1 aliphatic rings. The van der Waals surface area contributed by atoms with Crippen LogP contribution in [-0.2, 0) is 14.6 Å². The highest BCUT2D eigenvalue weighted by Gasteiger charge is 2.22. The first kappa shape index (κ1) is 22.8. The van der Waals surface area contributed by atoms with Crippen molar-refractivity contribution in [2.75, 3.05) is 56.3 Å². The van der Waals surface area contributed by atoms with Gasteiger partial charge in [-0.3, -0.25) is 4.99 Å². The van der Waals surface area contributed by atoms with Gasteiger partial charge in [-0.2, -0.15) is 0 Å². The van der Waals surface area contributed by atoms with Crippen LogP contribution in [0.15, 0.2) is 29.3 Å². The number of anilines is 1. The molecule has 0 aromatic heterocycles. The van der Waals surface area contributed by atoms with Gasteiger partial charge in [0.05, 0.1) is 36.2 Å². The van der Waals surface area contributed by atoms with Crippen molar-refractivity contribution in [2.24, 2.45) is 4.99 Å². The Balaban J connectivity index is 1.84. The molecule has 9 heteroatoms. The highest BCUT2D eigenvalue weighted by molar-refractivity contribution is 7.90. The van der Waals surface area contributed by atoms with Gasteiger partial charge in [0.25, 0.3) is 0 Å². The highest BCUT2D eigenvalue weighted by atomic mass is 35.5. The van der Waals surface area contributed by atoms with Gasteiger partial charge in [-0.15, -0.1) is 0 Å². The number of hydrogen-bond acceptors (Lipinski definition) is 5. The van der Waals surface area contributed by atoms with E-state index in [2.05, 4.69) is 26.6 Å². The minimum Gasteiger partial charge on any atom is -0.378 e. The molecule has 1 heterocycles. The van der Waals surface area contributed by atoms with Crippen LogP contribution in [-0.4, -0.2) is 71.8 Å². The molecule has 28 heavy (non-hydrogen) atoms. The van der Waals surface area contributed by atoms with Crippen molar-refractivity contribution in [3.63, 3.8) is 0 Å². The van der Waals surface area contributed by atoms with E-state index in [0.29, 0.717) is 13.2 Å². The molecule has 1 aliphatic heterocycles. The van der Waals surface area contributed by atoms with Crippen molar-refractivity contribution in [3.8, 4) is 0 Å². The lowest BCUT2D eigenvalue weighted by atomic mass is 10.0. The Morgan fingerprint density at radius 1 is 1.36 bits per heavy atom. The summed E-state index contributed by atoms with van der Waals surface area (Å²) in [5.41, 5.74) is 1.07. The second kappa shape index (κ2) is 11.5. The smallest absolute Gasteiger partial charge is 0.191 e. The summed E-state index contributed by atoms with van der Waals surface area (Å²) >= 11 is 6.35. The van der Waals surface area contributed by atoms with E-state index in [1.165, 1.54) is 6.26 Å². The number of rotatable bonds is 9. The summed E-state index contributed by atoms with van der Waals surface area (Å²) in [5.74, 6) is 0.787. The molecular weight excluding hydrogens is 400 g/mol. The van der Waals surface area contributed by atoms with Crippen molar-refractivity contribution in [2.45, 2.75) is 25.8 Å². The quantitative estimate of drug-likeness (QED) is 0.354. The van der Waals surface area contributed by atoms with E-state index >= 15 is 0 Å². The summed E-state index contributed by atoms with van der Waals surface area (Å²) in [5, 5.41) is 7.52. The van der Waals surface area contributed by atoms with Crippen LogP contribution in [0.4, 0.5) is 5.69 Å². The van der Waals surface area contributed by atoms with Gasteiger partial charge in [0.1, 0.15) is 9.84 Å². The first-order valence-corrected chi connectivity index (χ1v) is 12.1. The van der Waals surface area contributed by atoms with Crippen LogP contribution in [0.2, 0.25) is 5.02 Å². The molecule has 0 spiro atoms. The zero-order chi connectivity index (χ0) is 20.4. The van der Waals surface area contributed by atoms with Crippen molar-refractivity contribution in [1.82, 2.24) is 10.6 Å². The van der Waals surface area contributed by atoms with Gasteiger partial charge in [0.2, 0.25) is 0 Å². The molecule has 0 amide bonds. The van der Waals surface area contributed by atoms with E-state index in [4.69, 9.17) is 16.3 Å². The fourth-order valence-corrected chi connectivity index (χ4v) is 3.75. The zero-order valence-electron chi connectivity index (χ0n) is 16.7. The minimum atomic E-state index is -2.99. The number of hydrogen-bond donors (Lipinski definition) is 2. The largest absolute Gasteiger partial charge is 0.378 e. The number of nitrogens with zero attached hydrogens (tertiary/aromatic N) is 2. The second-order valence-corrected chi connectivity index (χ2v) is 9.55. The number of nitrogens with one attached hydrogen (secondary N) is 2. The highest BCUT2D eigenvalue weighted by Crippen LogP contribution is 2.27. The van der Waals surface area contributed by atoms with Gasteiger partial charge < -0.3 is 20.3 Å². The molecule has 158 valence electrons. The summed E-state index contributed by atoms with van der Waals surface area (Å²) in [4.78, 5) is 6.84. The number of para-hydroxylation sites is 1. The number of guanidine groups is 1. The van der Waals surface area contributed by atoms with Crippen molar-refractivity contribution in [3.05, 3.63) is 29.3 Å². The maximum absolute atomic E-state index is 11.1. The Morgan fingerprint density at radius 3 is 2.86 bits per heavy atom. The summed E-state index contributed by atoms with van der Waals surface area (Å²) in [6.07, 6.45) is 3.35. The first-order chi connectivity index (χ1) is 13.4. The number of piperidine rings is 1. The molecule has 1 fully saturated rings. The Morgan fingerprint density at radius 2 is 2.14 bits per heavy atom. The molecule has 7 nitrogen and oxygen atoms in total. The lowest BCUT2D eigenvalue weighted by Crippen LogP contribution is -2.51. The molecule has 0 radical (unpaired) electrons. The number of halogens is 1. The molecule has 2 N–H and O–H groups in total. The van der Waals surface area contributed by atoms with Gasteiger partial charge in [0.15, 0.2) is 5.96 Å². The molecular formula is C19H31ClN4O3S. The summed E-state index contributed by atoms with van der Waals surface area (Å²) in [6, 6.07) is 8.20. The second-order valence-electron chi connectivity index (χ2n) is 6.88. The molecule has 1 saturated heterocycles. The fraction of sp³-hybridized carbons (Fsp3) is 0.632. The predicted molar refractivity (Wildman–Crippen MR) is 116 cm³/mol. The van der Waals surface area contributed by atoms with E-state index in [0.717, 1.165) is 49.1 Å². The SMILES string of the molecule is CCNC(=NCCOCCS(C)(=O)=O)NC1CCCN(c2ccccc2Cl)C1. The molecule has 1 aromatic rings. The Hall–Kier alpha value is -1.51. The van der Waals surface area contributed by atoms with Gasteiger partial charge >= 0.3 is 0 Å². The van der Waals surface area contributed by atoms with Crippen LogP contribution in [0.5, 0.6) is 0 Å². The lowest BCUT2D eigenvalue weighted by molar-refractivity contribution is 0.157. The summed E-state index contributed by atoms with van der Waals surface area (Å²) < 4.78 is 27.5. The molecule has 1 aromatic carbocycles.